The summed E-state index contributed by atoms with van der Waals surface area (Å²) in [5, 5.41) is 11.6. The molecule has 1 aromatic heterocycles. The predicted molar refractivity (Wildman–Crippen MR) is 72.3 cm³/mol. The van der Waals surface area contributed by atoms with Gasteiger partial charge in [-0.2, -0.15) is 0 Å². The first-order valence-corrected chi connectivity index (χ1v) is 6.19. The van der Waals surface area contributed by atoms with Crippen LogP contribution < -0.4 is 5.32 Å². The Morgan fingerprint density at radius 2 is 1.95 bits per heavy atom. The third kappa shape index (κ3) is 3.47. The Kier molecular flexibility index (Phi) is 4.20. The second-order valence-electron chi connectivity index (χ2n) is 4.51. The van der Waals surface area contributed by atoms with Gasteiger partial charge in [-0.25, -0.2) is 0 Å². The van der Waals surface area contributed by atoms with Crippen LogP contribution in [0.3, 0.4) is 0 Å². The third-order valence-electron chi connectivity index (χ3n) is 2.91. The largest absolute Gasteiger partial charge is 0.481 e. The highest BCUT2D eigenvalue weighted by Gasteiger charge is 2.20. The van der Waals surface area contributed by atoms with Crippen molar-refractivity contribution in [3.8, 4) is 0 Å². The number of carboxylic acid groups (broad SMARTS) is 1. The van der Waals surface area contributed by atoms with E-state index in [1.54, 1.807) is 6.07 Å². The molecule has 2 aromatic rings. The van der Waals surface area contributed by atoms with Gasteiger partial charge in [-0.15, -0.1) is 0 Å². The fraction of sp³-hybridized carbons (Fsp3) is 0.200. The predicted octanol–water partition coefficient (Wildman–Crippen LogP) is 2.53. The molecule has 0 aliphatic carbocycles. The van der Waals surface area contributed by atoms with Gasteiger partial charge in [0.25, 0.3) is 5.91 Å². The lowest BCUT2D eigenvalue weighted by Crippen LogP contribution is -2.29. The lowest BCUT2D eigenvalue weighted by atomic mass is 10.0. The minimum absolute atomic E-state index is 0.160. The molecule has 104 valence electrons. The number of carbonyl (C=O) groups is 2. The van der Waals surface area contributed by atoms with E-state index in [1.807, 2.05) is 31.2 Å². The maximum atomic E-state index is 11.9. The molecule has 0 saturated heterocycles. The Balaban J connectivity index is 2.17. The standard InChI is InChI=1S/C15H15NO4/c1-10-4-6-11(7-5-10)12(9-14(17)18)16-15(19)13-3-2-8-20-13/h2-8,12H,9H2,1H3,(H,16,19)(H,17,18)/t12-/m1/s1. The number of hydrogen-bond acceptors (Lipinski definition) is 3. The van der Waals surface area contributed by atoms with Gasteiger partial charge >= 0.3 is 5.97 Å². The SMILES string of the molecule is Cc1ccc([C@@H](CC(=O)O)NC(=O)c2ccco2)cc1. The van der Waals surface area contributed by atoms with Crippen LogP contribution in [-0.4, -0.2) is 17.0 Å². The van der Waals surface area contributed by atoms with Crippen LogP contribution in [0.5, 0.6) is 0 Å². The van der Waals surface area contributed by atoms with Crippen molar-refractivity contribution in [3.63, 3.8) is 0 Å². The normalized spacial score (nSPS) is 11.8. The van der Waals surface area contributed by atoms with Crippen LogP contribution in [0.4, 0.5) is 0 Å². The molecule has 2 rings (SSSR count). The van der Waals surface area contributed by atoms with Crippen LogP contribution in [-0.2, 0) is 4.79 Å². The first-order valence-electron chi connectivity index (χ1n) is 6.19. The maximum absolute atomic E-state index is 11.9. The monoisotopic (exact) mass is 273 g/mol. The molecule has 0 spiro atoms. The second kappa shape index (κ2) is 6.06. The highest BCUT2D eigenvalue weighted by Crippen LogP contribution is 2.18. The van der Waals surface area contributed by atoms with Crippen molar-refractivity contribution in [2.24, 2.45) is 0 Å². The minimum atomic E-state index is -0.977. The summed E-state index contributed by atoms with van der Waals surface area (Å²) in [6, 6.07) is 9.92. The van der Waals surface area contributed by atoms with Crippen LogP contribution in [0.25, 0.3) is 0 Å². The summed E-state index contributed by atoms with van der Waals surface area (Å²) in [5.41, 5.74) is 1.82. The van der Waals surface area contributed by atoms with Crippen molar-refractivity contribution >= 4 is 11.9 Å². The van der Waals surface area contributed by atoms with Crippen molar-refractivity contribution in [1.29, 1.82) is 0 Å². The number of aliphatic carboxylic acids is 1. The van der Waals surface area contributed by atoms with Gasteiger partial charge in [-0.1, -0.05) is 29.8 Å². The molecule has 1 aromatic carbocycles. The van der Waals surface area contributed by atoms with Crippen LogP contribution in [0.15, 0.2) is 47.1 Å². The van der Waals surface area contributed by atoms with E-state index >= 15 is 0 Å². The molecule has 5 heteroatoms. The molecule has 0 bridgehead atoms. The van der Waals surface area contributed by atoms with Gasteiger partial charge in [0, 0.05) is 0 Å². The fourth-order valence-corrected chi connectivity index (χ4v) is 1.86. The quantitative estimate of drug-likeness (QED) is 0.877. The van der Waals surface area contributed by atoms with Crippen molar-refractivity contribution in [2.75, 3.05) is 0 Å². The van der Waals surface area contributed by atoms with Crippen LogP contribution in [0, 0.1) is 6.92 Å². The topological polar surface area (TPSA) is 79.5 Å². The van der Waals surface area contributed by atoms with E-state index in [0.717, 1.165) is 11.1 Å². The summed E-state index contributed by atoms with van der Waals surface area (Å²) in [6.45, 7) is 1.94. The van der Waals surface area contributed by atoms with Crippen molar-refractivity contribution < 1.29 is 19.1 Å². The minimum Gasteiger partial charge on any atom is -0.481 e. The number of rotatable bonds is 5. The summed E-state index contributed by atoms with van der Waals surface area (Å²) in [4.78, 5) is 22.9. The van der Waals surface area contributed by atoms with Crippen LogP contribution in [0.1, 0.15) is 34.1 Å². The Hall–Kier alpha value is -2.56. The number of benzene rings is 1. The zero-order valence-electron chi connectivity index (χ0n) is 11.0. The molecule has 0 aliphatic heterocycles. The zero-order chi connectivity index (χ0) is 14.5. The van der Waals surface area contributed by atoms with E-state index in [2.05, 4.69) is 5.32 Å². The molecule has 0 unspecified atom stereocenters. The average Bonchev–Trinajstić information content (AvgIpc) is 2.92. The molecule has 2 N–H and O–H groups in total. The molecule has 1 amide bonds. The summed E-state index contributed by atoms with van der Waals surface area (Å²) < 4.78 is 5.00. The second-order valence-corrected chi connectivity index (χ2v) is 4.51. The Labute approximate surface area is 116 Å². The molecule has 0 saturated carbocycles. The highest BCUT2D eigenvalue weighted by atomic mass is 16.4. The van der Waals surface area contributed by atoms with E-state index < -0.39 is 17.9 Å². The van der Waals surface area contributed by atoms with Gasteiger partial charge < -0.3 is 14.8 Å². The van der Waals surface area contributed by atoms with Gasteiger partial charge in [-0.05, 0) is 24.6 Å². The third-order valence-corrected chi connectivity index (χ3v) is 2.91. The summed E-state index contributed by atoms with van der Waals surface area (Å²) in [7, 11) is 0. The van der Waals surface area contributed by atoms with E-state index in [1.165, 1.54) is 12.3 Å². The number of hydrogen-bond donors (Lipinski definition) is 2. The molecular weight excluding hydrogens is 258 g/mol. The van der Waals surface area contributed by atoms with Crippen LogP contribution in [0.2, 0.25) is 0 Å². The summed E-state index contributed by atoms with van der Waals surface area (Å²) in [6.07, 6.45) is 1.21. The number of amides is 1. The zero-order valence-corrected chi connectivity index (χ0v) is 11.0. The smallest absolute Gasteiger partial charge is 0.305 e. The average molecular weight is 273 g/mol. The Morgan fingerprint density at radius 1 is 1.25 bits per heavy atom. The molecule has 5 nitrogen and oxygen atoms in total. The van der Waals surface area contributed by atoms with Gasteiger partial charge in [0.2, 0.25) is 0 Å². The molecule has 20 heavy (non-hydrogen) atoms. The molecule has 0 radical (unpaired) electrons. The number of furan rings is 1. The van der Waals surface area contributed by atoms with Crippen molar-refractivity contribution in [2.45, 2.75) is 19.4 Å². The highest BCUT2D eigenvalue weighted by molar-refractivity contribution is 5.91. The van der Waals surface area contributed by atoms with Crippen molar-refractivity contribution in [1.82, 2.24) is 5.32 Å². The first-order chi connectivity index (χ1) is 9.56. The van der Waals surface area contributed by atoms with Gasteiger partial charge in [0.05, 0.1) is 18.7 Å². The van der Waals surface area contributed by atoms with Gasteiger partial charge in [0.15, 0.2) is 5.76 Å². The Bertz CT molecular complexity index is 587. The maximum Gasteiger partial charge on any atom is 0.305 e. The lowest BCUT2D eigenvalue weighted by Gasteiger charge is -2.17. The van der Waals surface area contributed by atoms with E-state index in [9.17, 15) is 9.59 Å². The summed E-state index contributed by atoms with van der Waals surface area (Å²) in [5.74, 6) is -1.25. The number of nitrogens with one attached hydrogen (secondary N) is 1. The molecular formula is C15H15NO4. The molecule has 1 heterocycles. The van der Waals surface area contributed by atoms with E-state index in [4.69, 9.17) is 9.52 Å². The van der Waals surface area contributed by atoms with Gasteiger partial charge in [0.1, 0.15) is 0 Å². The lowest BCUT2D eigenvalue weighted by molar-refractivity contribution is -0.137. The molecule has 1 atom stereocenters. The number of carboxylic acids is 1. The number of carbonyl (C=O) groups excluding carboxylic acids is 1. The first kappa shape index (κ1) is 13.9. The Morgan fingerprint density at radius 3 is 2.50 bits per heavy atom. The van der Waals surface area contributed by atoms with Crippen LogP contribution >= 0.6 is 0 Å². The fourth-order valence-electron chi connectivity index (χ4n) is 1.86. The van der Waals surface area contributed by atoms with E-state index in [0.29, 0.717) is 0 Å². The van der Waals surface area contributed by atoms with Gasteiger partial charge in [-0.3, -0.25) is 9.59 Å². The van der Waals surface area contributed by atoms with Crippen molar-refractivity contribution in [3.05, 3.63) is 59.5 Å². The van der Waals surface area contributed by atoms with E-state index in [-0.39, 0.29) is 12.2 Å². The molecule has 0 aliphatic rings. The molecule has 0 fully saturated rings. The summed E-state index contributed by atoms with van der Waals surface area (Å²) >= 11 is 0. The number of aryl methyl sites for hydroxylation is 1.